The zero-order valence-corrected chi connectivity index (χ0v) is 18.0. The summed E-state index contributed by atoms with van der Waals surface area (Å²) in [6.07, 6.45) is 0. The molecule has 0 amide bonds. The third-order valence-corrected chi connectivity index (χ3v) is 4.38. The van der Waals surface area contributed by atoms with Gasteiger partial charge in [0.2, 0.25) is 0 Å². The fraction of sp³-hybridized carbons (Fsp3) is 0.458. The van der Waals surface area contributed by atoms with Crippen molar-refractivity contribution in [3.63, 3.8) is 0 Å². The highest BCUT2D eigenvalue weighted by Crippen LogP contribution is 2.28. The molecule has 2 rings (SSSR count). The van der Waals surface area contributed by atoms with E-state index in [4.69, 9.17) is 0 Å². The van der Waals surface area contributed by atoms with Crippen LogP contribution in [0.4, 0.5) is 11.4 Å². The summed E-state index contributed by atoms with van der Waals surface area (Å²) in [5.41, 5.74) is 3.94. The van der Waals surface area contributed by atoms with E-state index in [1.165, 1.54) is 0 Å². The Kier molecular flexibility index (Phi) is 6.76. The molecule has 0 heterocycles. The zero-order valence-electron chi connectivity index (χ0n) is 18.0. The lowest BCUT2D eigenvalue weighted by atomic mass is 9.91. The lowest BCUT2D eigenvalue weighted by molar-refractivity contribution is -0.137. The zero-order chi connectivity index (χ0) is 20.9. The summed E-state index contributed by atoms with van der Waals surface area (Å²) in [5.74, 6) is -1.51. The second kappa shape index (κ2) is 8.68. The second-order valence-electron chi connectivity index (χ2n) is 9.84. The minimum absolute atomic E-state index is 0.186. The molecule has 152 valence electrons. The van der Waals surface area contributed by atoms with Crippen LogP contribution < -0.4 is 10.6 Å². The molecule has 4 heteroatoms. The Labute approximate surface area is 169 Å². The number of carboxylic acid groups (broad SMARTS) is 1. The maximum Gasteiger partial charge on any atom is 0.315 e. The first-order valence-electron chi connectivity index (χ1n) is 9.85. The molecule has 0 unspecified atom stereocenters. The van der Waals surface area contributed by atoms with E-state index in [2.05, 4.69) is 52.2 Å². The number of nitrogens with one attached hydrogen (secondary N) is 2. The van der Waals surface area contributed by atoms with Gasteiger partial charge in [-0.1, -0.05) is 65.8 Å². The molecule has 0 radical (unpaired) electrons. The molecular weight excluding hydrogens is 348 g/mol. The monoisotopic (exact) mass is 382 g/mol. The van der Waals surface area contributed by atoms with Crippen LogP contribution >= 0.6 is 0 Å². The third kappa shape index (κ3) is 6.91. The lowest BCUT2D eigenvalue weighted by Gasteiger charge is -2.21. The molecule has 0 aliphatic heterocycles. The highest BCUT2D eigenvalue weighted by Gasteiger charge is 2.22. The van der Waals surface area contributed by atoms with Gasteiger partial charge in [-0.05, 0) is 46.2 Å². The van der Waals surface area contributed by atoms with E-state index in [0.717, 1.165) is 35.6 Å². The van der Waals surface area contributed by atoms with Crippen LogP contribution in [0.25, 0.3) is 0 Å². The standard InChI is InChI=1S/C24H34N2O2/c1-23(2,3)15-25-19-11-7-17(8-12-19)21(22(27)28)18-9-13-20(14-10-18)26-16-24(4,5)6/h7-14,21,25-26H,15-16H2,1-6H3,(H,27,28). The third-order valence-electron chi connectivity index (χ3n) is 4.38. The fourth-order valence-corrected chi connectivity index (χ4v) is 2.80. The Bertz CT molecular complexity index is 705. The molecule has 0 atom stereocenters. The highest BCUT2D eigenvalue weighted by molar-refractivity contribution is 5.80. The molecule has 0 spiro atoms. The first-order chi connectivity index (χ1) is 12.9. The van der Waals surface area contributed by atoms with E-state index in [9.17, 15) is 9.90 Å². The number of hydrogen-bond acceptors (Lipinski definition) is 3. The van der Waals surface area contributed by atoms with E-state index < -0.39 is 11.9 Å². The predicted molar refractivity (Wildman–Crippen MR) is 118 cm³/mol. The second-order valence-corrected chi connectivity index (χ2v) is 9.84. The van der Waals surface area contributed by atoms with Crippen molar-refractivity contribution in [3.05, 3.63) is 59.7 Å². The molecule has 0 fully saturated rings. The van der Waals surface area contributed by atoms with E-state index in [1.807, 2.05) is 48.5 Å². The van der Waals surface area contributed by atoms with Crippen LogP contribution in [0, 0.1) is 10.8 Å². The molecule has 2 aromatic rings. The van der Waals surface area contributed by atoms with Gasteiger partial charge in [-0.25, -0.2) is 0 Å². The number of anilines is 2. The molecule has 0 aliphatic rings. The minimum atomic E-state index is -0.842. The van der Waals surface area contributed by atoms with Gasteiger partial charge >= 0.3 is 5.97 Å². The van der Waals surface area contributed by atoms with Gasteiger partial charge in [0, 0.05) is 24.5 Å². The lowest BCUT2D eigenvalue weighted by Crippen LogP contribution is -2.19. The number of carbonyl (C=O) groups is 1. The van der Waals surface area contributed by atoms with Crippen LogP contribution in [0.5, 0.6) is 0 Å². The number of benzene rings is 2. The number of carboxylic acids is 1. The van der Waals surface area contributed by atoms with Gasteiger partial charge < -0.3 is 15.7 Å². The minimum Gasteiger partial charge on any atom is -0.481 e. The van der Waals surface area contributed by atoms with Gasteiger partial charge in [0.1, 0.15) is 5.92 Å². The van der Waals surface area contributed by atoms with Crippen LogP contribution in [0.15, 0.2) is 48.5 Å². The highest BCUT2D eigenvalue weighted by atomic mass is 16.4. The van der Waals surface area contributed by atoms with Gasteiger partial charge in [0.15, 0.2) is 0 Å². The molecule has 0 bridgehead atoms. The Balaban J connectivity index is 2.13. The summed E-state index contributed by atoms with van der Waals surface area (Å²) in [6.45, 7) is 14.8. The topological polar surface area (TPSA) is 61.4 Å². The maximum absolute atomic E-state index is 12.0. The summed E-state index contributed by atoms with van der Waals surface area (Å²) >= 11 is 0. The van der Waals surface area contributed by atoms with E-state index >= 15 is 0 Å². The quantitative estimate of drug-likeness (QED) is 0.565. The summed E-state index contributed by atoms with van der Waals surface area (Å²) in [6, 6.07) is 15.4. The van der Waals surface area contributed by atoms with Crippen molar-refractivity contribution >= 4 is 17.3 Å². The molecule has 0 aliphatic carbocycles. The van der Waals surface area contributed by atoms with Crippen molar-refractivity contribution in [3.8, 4) is 0 Å². The molecule has 3 N–H and O–H groups in total. The summed E-state index contributed by atoms with van der Waals surface area (Å²) < 4.78 is 0. The van der Waals surface area contributed by atoms with Crippen molar-refractivity contribution < 1.29 is 9.90 Å². The van der Waals surface area contributed by atoms with E-state index in [1.54, 1.807) is 0 Å². The van der Waals surface area contributed by atoms with Crippen molar-refractivity contribution in [1.82, 2.24) is 0 Å². The average molecular weight is 383 g/mol. The van der Waals surface area contributed by atoms with Crippen molar-refractivity contribution in [2.45, 2.75) is 47.5 Å². The predicted octanol–water partition coefficient (Wildman–Crippen LogP) is 5.82. The smallest absolute Gasteiger partial charge is 0.315 e. The summed E-state index contributed by atoms with van der Waals surface area (Å²) in [5, 5.41) is 16.6. The number of rotatable bonds is 7. The molecule has 0 aromatic heterocycles. The normalized spacial score (nSPS) is 12.1. The molecule has 28 heavy (non-hydrogen) atoms. The Morgan fingerprint density at radius 1 is 0.750 bits per heavy atom. The Morgan fingerprint density at radius 3 is 1.32 bits per heavy atom. The maximum atomic E-state index is 12.0. The Morgan fingerprint density at radius 2 is 1.07 bits per heavy atom. The van der Waals surface area contributed by atoms with Gasteiger partial charge in [-0.2, -0.15) is 0 Å². The first-order valence-corrected chi connectivity index (χ1v) is 9.85. The van der Waals surface area contributed by atoms with Crippen LogP contribution in [-0.2, 0) is 4.79 Å². The number of aliphatic carboxylic acids is 1. The SMILES string of the molecule is CC(C)(C)CNc1ccc(C(C(=O)O)c2ccc(NCC(C)(C)C)cc2)cc1. The number of hydrogen-bond donors (Lipinski definition) is 3. The average Bonchev–Trinajstić information content (AvgIpc) is 2.59. The Hall–Kier alpha value is -2.49. The molecule has 4 nitrogen and oxygen atoms in total. The van der Waals surface area contributed by atoms with Gasteiger partial charge in [-0.15, -0.1) is 0 Å². The van der Waals surface area contributed by atoms with E-state index in [-0.39, 0.29) is 10.8 Å². The molecule has 0 saturated carbocycles. The summed E-state index contributed by atoms with van der Waals surface area (Å²) in [7, 11) is 0. The van der Waals surface area contributed by atoms with Crippen molar-refractivity contribution in [1.29, 1.82) is 0 Å². The van der Waals surface area contributed by atoms with E-state index in [0.29, 0.717) is 0 Å². The van der Waals surface area contributed by atoms with Gasteiger partial charge in [0.05, 0.1) is 0 Å². The fourth-order valence-electron chi connectivity index (χ4n) is 2.80. The van der Waals surface area contributed by atoms with Crippen LogP contribution in [0.3, 0.4) is 0 Å². The molecule has 0 saturated heterocycles. The molecule has 2 aromatic carbocycles. The van der Waals surface area contributed by atoms with Crippen molar-refractivity contribution in [2.75, 3.05) is 23.7 Å². The largest absolute Gasteiger partial charge is 0.481 e. The van der Waals surface area contributed by atoms with Crippen LogP contribution in [-0.4, -0.2) is 24.2 Å². The summed E-state index contributed by atoms with van der Waals surface area (Å²) in [4.78, 5) is 12.0. The molecular formula is C24H34N2O2. The van der Waals surface area contributed by atoms with Crippen LogP contribution in [0.1, 0.15) is 58.6 Å². The van der Waals surface area contributed by atoms with Crippen molar-refractivity contribution in [2.24, 2.45) is 10.8 Å². The van der Waals surface area contributed by atoms with Crippen LogP contribution in [0.2, 0.25) is 0 Å². The van der Waals surface area contributed by atoms with Gasteiger partial charge in [0.25, 0.3) is 0 Å². The first kappa shape index (κ1) is 21.8. The van der Waals surface area contributed by atoms with Gasteiger partial charge in [-0.3, -0.25) is 4.79 Å².